The third kappa shape index (κ3) is 9.29. The summed E-state index contributed by atoms with van der Waals surface area (Å²) >= 11 is 0. The zero-order chi connectivity index (χ0) is 15.8. The first kappa shape index (κ1) is 18.3. The van der Waals surface area contributed by atoms with Crippen molar-refractivity contribution in [3.8, 4) is 0 Å². The van der Waals surface area contributed by atoms with Crippen molar-refractivity contribution < 1.29 is 32.4 Å². The van der Waals surface area contributed by atoms with Crippen LogP contribution in [0.25, 0.3) is 0 Å². The van der Waals surface area contributed by atoms with Gasteiger partial charge in [-0.2, -0.15) is 8.42 Å². The van der Waals surface area contributed by atoms with Gasteiger partial charge in [0.15, 0.2) is 0 Å². The predicted molar refractivity (Wildman–Crippen MR) is 71.8 cm³/mol. The average molecular weight is 306 g/mol. The summed E-state index contributed by atoms with van der Waals surface area (Å²) in [6, 6.07) is 0. The van der Waals surface area contributed by atoms with E-state index in [2.05, 4.69) is 6.58 Å². The van der Waals surface area contributed by atoms with E-state index in [1.807, 2.05) is 0 Å². The third-order valence-electron chi connectivity index (χ3n) is 2.31. The van der Waals surface area contributed by atoms with Crippen LogP contribution in [0.3, 0.4) is 0 Å². The first-order valence-electron chi connectivity index (χ1n) is 5.83. The van der Waals surface area contributed by atoms with E-state index >= 15 is 0 Å². The Morgan fingerprint density at radius 3 is 2.45 bits per heavy atom. The molecule has 0 saturated heterocycles. The lowest BCUT2D eigenvalue weighted by atomic mass is 10.2. The third-order valence-corrected chi connectivity index (χ3v) is 3.11. The van der Waals surface area contributed by atoms with Crippen LogP contribution in [0.4, 0.5) is 0 Å². The standard InChI is InChI=1S/C12H18O7S/c1-9(11(13)14)5-3-7-19-12(15)10(2)6-4-8-20(16,17)18/h5H,2-4,6-8H2,1H3,(H,13,14)(H,16,17,18). The molecule has 0 aliphatic carbocycles. The molecular formula is C12H18O7S. The minimum absolute atomic E-state index is 0.0147. The second-order valence-corrected chi connectivity index (χ2v) is 5.68. The molecule has 0 aliphatic rings. The van der Waals surface area contributed by atoms with E-state index in [0.29, 0.717) is 0 Å². The quantitative estimate of drug-likeness (QED) is 0.284. The fraction of sp³-hybridized carbons (Fsp3) is 0.500. The summed E-state index contributed by atoms with van der Waals surface area (Å²) in [5.74, 6) is -2.15. The topological polar surface area (TPSA) is 118 Å². The second-order valence-electron chi connectivity index (χ2n) is 4.11. The van der Waals surface area contributed by atoms with E-state index in [1.165, 1.54) is 13.0 Å². The van der Waals surface area contributed by atoms with Gasteiger partial charge in [0.25, 0.3) is 10.1 Å². The van der Waals surface area contributed by atoms with Crippen LogP contribution in [-0.2, 0) is 24.4 Å². The van der Waals surface area contributed by atoms with Crippen LogP contribution < -0.4 is 0 Å². The maximum Gasteiger partial charge on any atom is 0.333 e. The normalized spacial score (nSPS) is 12.0. The number of carboxylic acid groups (broad SMARTS) is 1. The molecule has 114 valence electrons. The number of hydrogen-bond acceptors (Lipinski definition) is 5. The van der Waals surface area contributed by atoms with Gasteiger partial charge in [-0.1, -0.05) is 12.7 Å². The van der Waals surface area contributed by atoms with Crippen LogP contribution in [0.5, 0.6) is 0 Å². The molecule has 2 N–H and O–H groups in total. The van der Waals surface area contributed by atoms with Crippen molar-refractivity contribution in [3.05, 3.63) is 23.8 Å². The molecule has 0 radical (unpaired) electrons. The van der Waals surface area contributed by atoms with E-state index < -0.39 is 27.8 Å². The summed E-state index contributed by atoms with van der Waals surface area (Å²) < 4.78 is 34.3. The number of carbonyl (C=O) groups excluding carboxylic acids is 1. The molecule has 7 nitrogen and oxygen atoms in total. The molecule has 0 amide bonds. The highest BCUT2D eigenvalue weighted by molar-refractivity contribution is 7.85. The monoisotopic (exact) mass is 306 g/mol. The lowest BCUT2D eigenvalue weighted by Gasteiger charge is -2.05. The fourth-order valence-corrected chi connectivity index (χ4v) is 1.70. The summed E-state index contributed by atoms with van der Waals surface area (Å²) in [5.41, 5.74) is 0.264. The maximum atomic E-state index is 11.4. The van der Waals surface area contributed by atoms with Crippen molar-refractivity contribution in [2.45, 2.75) is 26.2 Å². The predicted octanol–water partition coefficient (Wildman–Crippen LogP) is 1.17. The van der Waals surface area contributed by atoms with Gasteiger partial charge in [0.1, 0.15) is 0 Å². The van der Waals surface area contributed by atoms with E-state index in [9.17, 15) is 18.0 Å². The first-order chi connectivity index (χ1) is 9.13. The van der Waals surface area contributed by atoms with E-state index in [-0.39, 0.29) is 37.0 Å². The smallest absolute Gasteiger partial charge is 0.333 e. The number of esters is 1. The Morgan fingerprint density at radius 1 is 1.35 bits per heavy atom. The largest absolute Gasteiger partial charge is 0.478 e. The molecule has 8 heteroatoms. The number of carboxylic acids is 1. The molecule has 0 unspecified atom stereocenters. The molecule has 20 heavy (non-hydrogen) atoms. The number of carbonyl (C=O) groups is 2. The Kier molecular flexibility index (Phi) is 7.78. The Balaban J connectivity index is 3.95. The van der Waals surface area contributed by atoms with Crippen LogP contribution >= 0.6 is 0 Å². The van der Waals surface area contributed by atoms with Crippen LogP contribution in [-0.4, -0.2) is 42.4 Å². The minimum atomic E-state index is -4.04. The molecule has 0 aromatic heterocycles. The van der Waals surface area contributed by atoms with Crippen LogP contribution in [0.1, 0.15) is 26.2 Å². The average Bonchev–Trinajstić information content (AvgIpc) is 2.31. The second kappa shape index (κ2) is 8.49. The van der Waals surface area contributed by atoms with Gasteiger partial charge in [0.05, 0.1) is 12.4 Å². The molecule has 0 aliphatic heterocycles. The number of ether oxygens (including phenoxy) is 1. The summed E-state index contributed by atoms with van der Waals surface area (Å²) in [4.78, 5) is 21.9. The molecule has 0 saturated carbocycles. The molecule has 0 fully saturated rings. The zero-order valence-corrected chi connectivity index (χ0v) is 12.0. The van der Waals surface area contributed by atoms with Crippen LogP contribution in [0.15, 0.2) is 23.8 Å². The van der Waals surface area contributed by atoms with Crippen molar-refractivity contribution in [2.24, 2.45) is 0 Å². The summed E-state index contributed by atoms with van der Waals surface area (Å²) in [6.45, 7) is 4.90. The van der Waals surface area contributed by atoms with Crippen molar-refractivity contribution in [1.29, 1.82) is 0 Å². The Labute approximate surface area is 117 Å². The number of hydrogen-bond donors (Lipinski definition) is 2. The Hall–Kier alpha value is -1.67. The molecule has 0 heterocycles. The van der Waals surface area contributed by atoms with E-state index in [1.54, 1.807) is 0 Å². The van der Waals surface area contributed by atoms with Crippen molar-refractivity contribution in [3.63, 3.8) is 0 Å². The lowest BCUT2D eigenvalue weighted by molar-refractivity contribution is -0.139. The van der Waals surface area contributed by atoms with Crippen LogP contribution in [0, 0.1) is 0 Å². The van der Waals surface area contributed by atoms with Crippen LogP contribution in [0.2, 0.25) is 0 Å². The zero-order valence-electron chi connectivity index (χ0n) is 11.2. The molecule has 0 atom stereocenters. The van der Waals surface area contributed by atoms with Gasteiger partial charge in [-0.15, -0.1) is 0 Å². The summed E-state index contributed by atoms with van der Waals surface area (Å²) in [7, 11) is -4.04. The van der Waals surface area contributed by atoms with Gasteiger partial charge in [-0.3, -0.25) is 4.55 Å². The molecular weight excluding hydrogens is 288 g/mol. The van der Waals surface area contributed by atoms with E-state index in [0.717, 1.165) is 0 Å². The van der Waals surface area contributed by atoms with Gasteiger partial charge in [-0.25, -0.2) is 9.59 Å². The number of aliphatic carboxylic acids is 1. The lowest BCUT2D eigenvalue weighted by Crippen LogP contribution is -2.10. The Bertz CT molecular complexity index is 502. The Morgan fingerprint density at radius 2 is 1.95 bits per heavy atom. The molecule has 0 spiro atoms. The fourth-order valence-electron chi connectivity index (χ4n) is 1.19. The van der Waals surface area contributed by atoms with Crippen molar-refractivity contribution in [2.75, 3.05) is 12.4 Å². The van der Waals surface area contributed by atoms with Gasteiger partial charge in [-0.05, 0) is 19.8 Å². The number of rotatable bonds is 9. The minimum Gasteiger partial charge on any atom is -0.478 e. The highest BCUT2D eigenvalue weighted by Crippen LogP contribution is 2.07. The van der Waals surface area contributed by atoms with Crippen molar-refractivity contribution in [1.82, 2.24) is 0 Å². The molecule has 0 aromatic rings. The highest BCUT2D eigenvalue weighted by Gasteiger charge is 2.10. The SMILES string of the molecule is C=C(CCCS(=O)(=O)O)C(=O)OCCC=C(C)C(=O)O. The summed E-state index contributed by atoms with van der Waals surface area (Å²) in [5, 5.41) is 8.58. The molecule has 0 aromatic carbocycles. The van der Waals surface area contributed by atoms with E-state index in [4.69, 9.17) is 14.4 Å². The van der Waals surface area contributed by atoms with Gasteiger partial charge in [0.2, 0.25) is 0 Å². The van der Waals surface area contributed by atoms with Gasteiger partial charge in [0, 0.05) is 17.6 Å². The summed E-state index contributed by atoms with van der Waals surface area (Å²) in [6.07, 6.45) is 1.87. The molecule has 0 rings (SSSR count). The first-order valence-corrected chi connectivity index (χ1v) is 7.44. The molecule has 0 bridgehead atoms. The highest BCUT2D eigenvalue weighted by atomic mass is 32.2. The van der Waals surface area contributed by atoms with Gasteiger partial charge >= 0.3 is 11.9 Å². The van der Waals surface area contributed by atoms with Gasteiger partial charge < -0.3 is 9.84 Å². The maximum absolute atomic E-state index is 11.4. The van der Waals surface area contributed by atoms with Crippen molar-refractivity contribution >= 4 is 22.1 Å².